The highest BCUT2D eigenvalue weighted by Gasteiger charge is 2.61. The smallest absolute Gasteiger partial charge is 0.355 e. The molecule has 0 radical (unpaired) electrons. The van der Waals surface area contributed by atoms with Crippen molar-refractivity contribution < 1.29 is 18.0 Å². The van der Waals surface area contributed by atoms with Gasteiger partial charge in [-0.25, -0.2) is 0 Å². The zero-order chi connectivity index (χ0) is 13.6. The minimum Gasteiger partial charge on any atom is -0.355 e. The van der Waals surface area contributed by atoms with Gasteiger partial charge in [-0.2, -0.15) is 24.9 Å². The molecule has 1 aliphatic heterocycles. The average molecular weight is 284 g/mol. The maximum Gasteiger partial charge on any atom is 0.404 e. The van der Waals surface area contributed by atoms with Gasteiger partial charge < -0.3 is 10.6 Å². The van der Waals surface area contributed by atoms with E-state index in [0.29, 0.717) is 13.0 Å². The van der Waals surface area contributed by atoms with Gasteiger partial charge in [0.05, 0.1) is 0 Å². The Morgan fingerprint density at radius 2 is 2.22 bits per heavy atom. The molecule has 0 saturated carbocycles. The van der Waals surface area contributed by atoms with Gasteiger partial charge in [0.15, 0.2) is 5.41 Å². The van der Waals surface area contributed by atoms with Crippen molar-refractivity contribution in [3.8, 4) is 0 Å². The molecule has 0 aromatic carbocycles. The Morgan fingerprint density at radius 1 is 1.50 bits per heavy atom. The van der Waals surface area contributed by atoms with Crippen LogP contribution in [0, 0.1) is 5.41 Å². The second-order valence-corrected chi connectivity index (χ2v) is 5.71. The second kappa shape index (κ2) is 6.65. The van der Waals surface area contributed by atoms with Crippen molar-refractivity contribution in [1.29, 1.82) is 0 Å². The van der Waals surface area contributed by atoms with Crippen molar-refractivity contribution in [3.05, 3.63) is 0 Å². The van der Waals surface area contributed by atoms with Gasteiger partial charge in [-0.15, -0.1) is 0 Å². The molecule has 1 amide bonds. The van der Waals surface area contributed by atoms with Crippen molar-refractivity contribution in [2.24, 2.45) is 5.41 Å². The predicted octanol–water partition coefficient (Wildman–Crippen LogP) is 1.79. The van der Waals surface area contributed by atoms with Gasteiger partial charge >= 0.3 is 6.18 Å². The Kier molecular flexibility index (Phi) is 5.78. The molecular formula is C11H19F3N2OS. The van der Waals surface area contributed by atoms with Crippen LogP contribution in [0.2, 0.25) is 0 Å². The number of hydrogen-bond donors (Lipinski definition) is 2. The van der Waals surface area contributed by atoms with Gasteiger partial charge in [-0.1, -0.05) is 6.92 Å². The minimum atomic E-state index is -4.49. The molecule has 1 heterocycles. The van der Waals surface area contributed by atoms with Crippen LogP contribution in [0.3, 0.4) is 0 Å². The number of amides is 1. The summed E-state index contributed by atoms with van der Waals surface area (Å²) in [6.07, 6.45) is -3.96. The largest absolute Gasteiger partial charge is 0.404 e. The first kappa shape index (κ1) is 15.6. The van der Waals surface area contributed by atoms with E-state index in [2.05, 4.69) is 10.6 Å². The quantitative estimate of drug-likeness (QED) is 0.731. The molecule has 1 unspecified atom stereocenters. The summed E-state index contributed by atoms with van der Waals surface area (Å²) in [4.78, 5) is 11.8. The lowest BCUT2D eigenvalue weighted by Gasteiger charge is -2.29. The molecule has 7 heteroatoms. The zero-order valence-corrected chi connectivity index (χ0v) is 11.2. The van der Waals surface area contributed by atoms with Crippen LogP contribution in [-0.2, 0) is 4.79 Å². The van der Waals surface area contributed by atoms with Gasteiger partial charge in [0.25, 0.3) is 0 Å². The van der Waals surface area contributed by atoms with Gasteiger partial charge in [-0.05, 0) is 30.9 Å². The highest BCUT2D eigenvalue weighted by molar-refractivity contribution is 7.99. The molecule has 18 heavy (non-hydrogen) atoms. The van der Waals surface area contributed by atoms with Crippen LogP contribution in [0.4, 0.5) is 13.2 Å². The third kappa shape index (κ3) is 3.54. The Balaban J connectivity index is 2.47. The summed E-state index contributed by atoms with van der Waals surface area (Å²) in [5.74, 6) is 0.944. The van der Waals surface area contributed by atoms with Gasteiger partial charge in [0.1, 0.15) is 0 Å². The molecule has 1 aliphatic rings. The molecule has 0 aromatic heterocycles. The SMILES string of the molecule is CCSCCCNC(=O)C1(C(F)(F)F)CCNC1. The van der Waals surface area contributed by atoms with E-state index in [1.165, 1.54) is 0 Å². The number of alkyl halides is 3. The highest BCUT2D eigenvalue weighted by Crippen LogP contribution is 2.43. The molecule has 1 rings (SSSR count). The van der Waals surface area contributed by atoms with E-state index >= 15 is 0 Å². The van der Waals surface area contributed by atoms with Gasteiger partial charge in [-0.3, -0.25) is 4.79 Å². The Labute approximate surface area is 109 Å². The molecule has 106 valence electrons. The van der Waals surface area contributed by atoms with Crippen LogP contribution < -0.4 is 10.6 Å². The lowest BCUT2D eigenvalue weighted by molar-refractivity contribution is -0.215. The predicted molar refractivity (Wildman–Crippen MR) is 66.6 cm³/mol. The average Bonchev–Trinajstić information content (AvgIpc) is 2.78. The van der Waals surface area contributed by atoms with Crippen LogP contribution in [0.1, 0.15) is 19.8 Å². The summed E-state index contributed by atoms with van der Waals surface area (Å²) >= 11 is 1.71. The zero-order valence-electron chi connectivity index (χ0n) is 10.4. The Morgan fingerprint density at radius 3 is 2.72 bits per heavy atom. The van der Waals surface area contributed by atoms with Crippen LogP contribution in [0.15, 0.2) is 0 Å². The molecule has 0 spiro atoms. The first-order valence-corrected chi connectivity index (χ1v) is 7.23. The van der Waals surface area contributed by atoms with Crippen molar-refractivity contribution in [3.63, 3.8) is 0 Å². The van der Waals surface area contributed by atoms with E-state index in [9.17, 15) is 18.0 Å². The van der Waals surface area contributed by atoms with E-state index in [4.69, 9.17) is 0 Å². The van der Waals surface area contributed by atoms with Crippen molar-refractivity contribution in [2.45, 2.75) is 25.9 Å². The summed E-state index contributed by atoms with van der Waals surface area (Å²) in [6, 6.07) is 0. The minimum absolute atomic E-state index is 0.175. The van der Waals surface area contributed by atoms with E-state index in [-0.39, 0.29) is 19.5 Å². The van der Waals surface area contributed by atoms with Crippen LogP contribution >= 0.6 is 11.8 Å². The third-order valence-corrected chi connectivity index (χ3v) is 4.07. The van der Waals surface area contributed by atoms with Gasteiger partial charge in [0.2, 0.25) is 5.91 Å². The van der Waals surface area contributed by atoms with Crippen molar-refractivity contribution in [1.82, 2.24) is 10.6 Å². The maximum absolute atomic E-state index is 13.0. The molecule has 1 saturated heterocycles. The summed E-state index contributed by atoms with van der Waals surface area (Å²) in [5.41, 5.74) is -2.23. The van der Waals surface area contributed by atoms with Crippen LogP contribution in [0.25, 0.3) is 0 Å². The molecule has 0 aliphatic carbocycles. The fourth-order valence-corrected chi connectivity index (χ4v) is 2.58. The number of nitrogens with one attached hydrogen (secondary N) is 2. The Hall–Kier alpha value is -0.430. The standard InChI is InChI=1S/C11H19F3N2OS/c1-2-18-7-3-5-16-9(17)10(11(12,13)14)4-6-15-8-10/h15H,2-8H2,1H3,(H,16,17). The fourth-order valence-electron chi connectivity index (χ4n) is 1.95. The Bertz CT molecular complexity index is 278. The second-order valence-electron chi connectivity index (χ2n) is 4.31. The molecule has 1 fully saturated rings. The van der Waals surface area contributed by atoms with Crippen LogP contribution in [0.5, 0.6) is 0 Å². The maximum atomic E-state index is 13.0. The topological polar surface area (TPSA) is 41.1 Å². The summed E-state index contributed by atoms with van der Waals surface area (Å²) in [6.45, 7) is 2.25. The fraction of sp³-hybridized carbons (Fsp3) is 0.909. The summed E-state index contributed by atoms with van der Waals surface area (Å²) < 4.78 is 39.0. The summed E-state index contributed by atoms with van der Waals surface area (Å²) in [7, 11) is 0. The number of carbonyl (C=O) groups is 1. The number of halogens is 3. The van der Waals surface area contributed by atoms with E-state index in [0.717, 1.165) is 11.5 Å². The monoisotopic (exact) mass is 284 g/mol. The van der Waals surface area contributed by atoms with E-state index in [1.54, 1.807) is 11.8 Å². The first-order valence-electron chi connectivity index (χ1n) is 6.07. The molecule has 0 bridgehead atoms. The number of thioether (sulfide) groups is 1. The van der Waals surface area contributed by atoms with Crippen LogP contribution in [-0.4, -0.2) is 43.2 Å². The molecule has 2 N–H and O–H groups in total. The highest BCUT2D eigenvalue weighted by atomic mass is 32.2. The third-order valence-electron chi connectivity index (χ3n) is 3.09. The molecule has 0 aromatic rings. The van der Waals surface area contributed by atoms with Gasteiger partial charge in [0, 0.05) is 13.1 Å². The van der Waals surface area contributed by atoms with Crippen molar-refractivity contribution in [2.75, 3.05) is 31.1 Å². The first-order chi connectivity index (χ1) is 8.44. The number of carbonyl (C=O) groups excluding carboxylic acids is 1. The summed E-state index contributed by atoms with van der Waals surface area (Å²) in [5, 5.41) is 5.04. The van der Waals surface area contributed by atoms with E-state index < -0.39 is 17.5 Å². The number of rotatable bonds is 6. The number of hydrogen-bond acceptors (Lipinski definition) is 3. The lowest BCUT2D eigenvalue weighted by atomic mass is 9.85. The van der Waals surface area contributed by atoms with Crippen molar-refractivity contribution >= 4 is 17.7 Å². The molecule has 1 atom stereocenters. The lowest BCUT2D eigenvalue weighted by Crippen LogP contribution is -2.52. The van der Waals surface area contributed by atoms with E-state index in [1.807, 2.05) is 6.92 Å². The molecule has 3 nitrogen and oxygen atoms in total. The normalized spacial score (nSPS) is 24.2. The molecular weight excluding hydrogens is 265 g/mol.